The summed E-state index contributed by atoms with van der Waals surface area (Å²) < 4.78 is 6.80. The first-order valence-electron chi connectivity index (χ1n) is 7.00. The average molecular weight is 329 g/mol. The van der Waals surface area contributed by atoms with Crippen LogP contribution in [-0.4, -0.2) is 22.4 Å². The first-order valence-corrected chi connectivity index (χ1v) is 7.88. The zero-order chi connectivity index (χ0) is 16.4. The molecule has 0 spiro atoms. The van der Waals surface area contributed by atoms with Gasteiger partial charge in [-0.05, 0) is 24.6 Å². The highest BCUT2D eigenvalue weighted by atomic mass is 32.1. The molecule has 118 valence electrons. The number of nitrogens with one attached hydrogen (secondary N) is 1. The summed E-state index contributed by atoms with van der Waals surface area (Å²) in [6.45, 7) is 1.88. The molecule has 1 aromatic carbocycles. The number of benzene rings is 1. The first-order chi connectivity index (χ1) is 11.1. The summed E-state index contributed by atoms with van der Waals surface area (Å²) >= 11 is 1.31. The number of ether oxygens (including phenoxy) is 1. The summed E-state index contributed by atoms with van der Waals surface area (Å²) in [7, 11) is 1.60. The topological polar surface area (TPSA) is 72.7 Å². The van der Waals surface area contributed by atoms with Crippen molar-refractivity contribution in [2.75, 3.05) is 7.11 Å². The van der Waals surface area contributed by atoms with Crippen LogP contribution < -0.4 is 15.6 Å². The number of fused-ring (bicyclic) bond motifs is 1. The summed E-state index contributed by atoms with van der Waals surface area (Å²) in [6, 6.07) is 8.50. The number of aromatic nitrogens is 2. The second kappa shape index (κ2) is 6.21. The second-order valence-electron chi connectivity index (χ2n) is 5.01. The van der Waals surface area contributed by atoms with Gasteiger partial charge in [0.1, 0.15) is 11.4 Å². The van der Waals surface area contributed by atoms with E-state index in [9.17, 15) is 9.59 Å². The Morgan fingerprint density at radius 1 is 1.39 bits per heavy atom. The molecule has 0 aliphatic carbocycles. The maximum atomic E-state index is 12.5. The summed E-state index contributed by atoms with van der Waals surface area (Å²) in [5.41, 5.74) is 0.767. The van der Waals surface area contributed by atoms with Crippen molar-refractivity contribution in [3.63, 3.8) is 0 Å². The molecule has 1 amide bonds. The van der Waals surface area contributed by atoms with Crippen LogP contribution in [-0.2, 0) is 0 Å². The number of hydrogen-bond acceptors (Lipinski definition) is 5. The van der Waals surface area contributed by atoms with Crippen LogP contribution in [0, 0.1) is 0 Å². The molecule has 6 nitrogen and oxygen atoms in total. The summed E-state index contributed by atoms with van der Waals surface area (Å²) in [5.74, 6) is 0.400. The molecule has 0 fully saturated rings. The van der Waals surface area contributed by atoms with Crippen molar-refractivity contribution in [1.82, 2.24) is 14.7 Å². The molecule has 0 saturated heterocycles. The van der Waals surface area contributed by atoms with Gasteiger partial charge < -0.3 is 10.1 Å². The molecule has 1 N–H and O–H groups in total. The predicted molar refractivity (Wildman–Crippen MR) is 88.2 cm³/mol. The fraction of sp³-hybridized carbons (Fsp3) is 0.188. The van der Waals surface area contributed by atoms with E-state index in [-0.39, 0.29) is 17.6 Å². The van der Waals surface area contributed by atoms with Crippen molar-refractivity contribution in [3.8, 4) is 5.75 Å². The Labute approximate surface area is 136 Å². The van der Waals surface area contributed by atoms with Crippen LogP contribution in [0.15, 0.2) is 46.7 Å². The Morgan fingerprint density at radius 2 is 2.22 bits per heavy atom. The molecular formula is C16H15N3O3S. The molecule has 2 aromatic heterocycles. The van der Waals surface area contributed by atoms with Gasteiger partial charge in [0.15, 0.2) is 4.96 Å². The lowest BCUT2D eigenvalue weighted by Gasteiger charge is -2.15. The van der Waals surface area contributed by atoms with Gasteiger partial charge in [0.25, 0.3) is 11.5 Å². The highest BCUT2D eigenvalue weighted by molar-refractivity contribution is 7.15. The van der Waals surface area contributed by atoms with E-state index in [1.165, 1.54) is 17.4 Å². The SMILES string of the molecule is COc1cccc(C(C)NC(=O)c2cc(=O)nc3sccn23)c1. The van der Waals surface area contributed by atoms with Crippen LogP contribution in [0.5, 0.6) is 5.75 Å². The Morgan fingerprint density at radius 3 is 3.00 bits per heavy atom. The average Bonchev–Trinajstić information content (AvgIpc) is 3.02. The van der Waals surface area contributed by atoms with Crippen molar-refractivity contribution in [2.45, 2.75) is 13.0 Å². The first kappa shape index (κ1) is 15.2. The van der Waals surface area contributed by atoms with Gasteiger partial charge >= 0.3 is 0 Å². The standard InChI is InChI=1S/C16H15N3O3S/c1-10(11-4-3-5-12(8-11)22-2)17-15(21)13-9-14(20)18-16-19(13)6-7-23-16/h3-10H,1-2H3,(H,17,21). The Bertz CT molecular complexity index is 916. The highest BCUT2D eigenvalue weighted by Crippen LogP contribution is 2.19. The van der Waals surface area contributed by atoms with Gasteiger partial charge in [-0.2, -0.15) is 4.98 Å². The van der Waals surface area contributed by atoms with Gasteiger partial charge in [0.05, 0.1) is 13.2 Å². The Kier molecular flexibility index (Phi) is 4.12. The highest BCUT2D eigenvalue weighted by Gasteiger charge is 2.16. The van der Waals surface area contributed by atoms with Gasteiger partial charge in [0.2, 0.25) is 0 Å². The number of carbonyl (C=O) groups excluding carboxylic acids is 1. The molecule has 3 rings (SSSR count). The summed E-state index contributed by atoms with van der Waals surface area (Å²) in [4.78, 5) is 28.5. The van der Waals surface area contributed by atoms with E-state index in [2.05, 4.69) is 10.3 Å². The van der Waals surface area contributed by atoms with Crippen LogP contribution in [0.25, 0.3) is 4.96 Å². The van der Waals surface area contributed by atoms with Gasteiger partial charge in [-0.25, -0.2) is 0 Å². The molecule has 0 aliphatic rings. The molecule has 0 bridgehead atoms. The molecule has 0 saturated carbocycles. The van der Waals surface area contributed by atoms with Gasteiger partial charge in [-0.1, -0.05) is 12.1 Å². The lowest BCUT2D eigenvalue weighted by atomic mass is 10.1. The van der Waals surface area contributed by atoms with E-state index in [4.69, 9.17) is 4.74 Å². The minimum atomic E-state index is -0.424. The second-order valence-corrected chi connectivity index (χ2v) is 5.88. The lowest BCUT2D eigenvalue weighted by molar-refractivity contribution is 0.0933. The van der Waals surface area contributed by atoms with Crippen LogP contribution in [0.1, 0.15) is 29.0 Å². The number of amides is 1. The van der Waals surface area contributed by atoms with Crippen LogP contribution in [0.4, 0.5) is 0 Å². The van der Waals surface area contributed by atoms with Gasteiger partial charge in [-0.3, -0.25) is 14.0 Å². The fourth-order valence-electron chi connectivity index (χ4n) is 2.29. The van der Waals surface area contributed by atoms with Crippen LogP contribution in [0.2, 0.25) is 0 Å². The molecular weight excluding hydrogens is 314 g/mol. The van der Waals surface area contributed by atoms with E-state index in [1.807, 2.05) is 31.2 Å². The number of rotatable bonds is 4. The van der Waals surface area contributed by atoms with Crippen molar-refractivity contribution < 1.29 is 9.53 Å². The maximum Gasteiger partial charge on any atom is 0.274 e. The molecule has 23 heavy (non-hydrogen) atoms. The molecule has 2 heterocycles. The quantitative estimate of drug-likeness (QED) is 0.797. The van der Waals surface area contributed by atoms with Gasteiger partial charge in [-0.15, -0.1) is 11.3 Å². The third-order valence-electron chi connectivity index (χ3n) is 3.49. The fourth-order valence-corrected chi connectivity index (χ4v) is 3.01. The van der Waals surface area contributed by atoms with Crippen molar-refractivity contribution in [3.05, 3.63) is 63.5 Å². The molecule has 3 aromatic rings. The number of methoxy groups -OCH3 is 1. The van der Waals surface area contributed by atoms with Crippen molar-refractivity contribution >= 4 is 22.2 Å². The third kappa shape index (κ3) is 3.09. The smallest absolute Gasteiger partial charge is 0.274 e. The number of thiazole rings is 1. The normalized spacial score (nSPS) is 12.1. The van der Waals surface area contributed by atoms with E-state index >= 15 is 0 Å². The number of carbonyl (C=O) groups is 1. The van der Waals surface area contributed by atoms with Crippen LogP contribution in [0.3, 0.4) is 0 Å². The molecule has 1 atom stereocenters. The molecule has 0 radical (unpaired) electrons. The predicted octanol–water partition coefficient (Wildman–Crippen LogP) is 2.26. The van der Waals surface area contributed by atoms with Crippen LogP contribution >= 0.6 is 11.3 Å². The number of nitrogens with zero attached hydrogens (tertiary/aromatic N) is 2. The monoisotopic (exact) mass is 329 g/mol. The molecule has 0 aliphatic heterocycles. The molecule has 1 unspecified atom stereocenters. The Balaban J connectivity index is 1.88. The number of hydrogen-bond donors (Lipinski definition) is 1. The summed E-state index contributed by atoms with van der Waals surface area (Å²) in [5, 5.41) is 4.68. The van der Waals surface area contributed by atoms with Gasteiger partial charge in [0, 0.05) is 17.6 Å². The van der Waals surface area contributed by atoms with Crippen molar-refractivity contribution in [1.29, 1.82) is 0 Å². The molecule has 7 heteroatoms. The largest absolute Gasteiger partial charge is 0.497 e. The lowest BCUT2D eigenvalue weighted by Crippen LogP contribution is -2.29. The third-order valence-corrected chi connectivity index (χ3v) is 4.25. The van der Waals surface area contributed by atoms with Crippen molar-refractivity contribution in [2.24, 2.45) is 0 Å². The van der Waals surface area contributed by atoms with E-state index < -0.39 is 5.56 Å². The Hall–Kier alpha value is -2.67. The zero-order valence-electron chi connectivity index (χ0n) is 12.6. The maximum absolute atomic E-state index is 12.5. The minimum Gasteiger partial charge on any atom is -0.497 e. The minimum absolute atomic E-state index is 0.227. The zero-order valence-corrected chi connectivity index (χ0v) is 13.5. The van der Waals surface area contributed by atoms with E-state index in [0.29, 0.717) is 4.96 Å². The van der Waals surface area contributed by atoms with E-state index in [0.717, 1.165) is 11.3 Å². The summed E-state index contributed by atoms with van der Waals surface area (Å²) in [6.07, 6.45) is 1.72. The van der Waals surface area contributed by atoms with E-state index in [1.54, 1.807) is 23.1 Å².